The second-order valence-electron chi connectivity index (χ2n) is 5.29. The minimum Gasteiger partial charge on any atom is -0.384 e. The molecule has 0 rings (SSSR count). The second kappa shape index (κ2) is 24.0. The molecular formula is C19H56O. The van der Waals surface area contributed by atoms with Crippen LogP contribution in [0.4, 0.5) is 0 Å². The molecule has 0 saturated carbocycles. The molecule has 0 bridgehead atoms. The largest absolute Gasteiger partial charge is 0.384 e. The van der Waals surface area contributed by atoms with E-state index >= 15 is 0 Å². The molecule has 0 radical (unpaired) electrons. The van der Waals surface area contributed by atoms with Gasteiger partial charge in [0.1, 0.15) is 0 Å². The molecule has 0 atom stereocenters. The fourth-order valence-corrected chi connectivity index (χ4v) is 1.86. The SMILES string of the molecule is C.C.C.C.C.C.C.C.CCC(C)(C)CC(C)(C)COC. The molecule has 1 nitrogen and oxygen atoms in total. The first-order valence-electron chi connectivity index (χ1n) is 4.82. The van der Waals surface area contributed by atoms with E-state index < -0.39 is 0 Å². The van der Waals surface area contributed by atoms with Gasteiger partial charge in [-0.15, -0.1) is 0 Å². The third kappa shape index (κ3) is 30.8. The van der Waals surface area contributed by atoms with Crippen molar-refractivity contribution in [3.8, 4) is 0 Å². The lowest BCUT2D eigenvalue weighted by Gasteiger charge is -2.33. The Morgan fingerprint density at radius 3 is 1.15 bits per heavy atom. The van der Waals surface area contributed by atoms with Gasteiger partial charge >= 0.3 is 0 Å². The van der Waals surface area contributed by atoms with Crippen LogP contribution in [0.5, 0.6) is 0 Å². The van der Waals surface area contributed by atoms with Crippen LogP contribution in [0.2, 0.25) is 0 Å². The average Bonchev–Trinajstić information content (AvgIpc) is 1.85. The first-order valence-corrected chi connectivity index (χ1v) is 4.82. The maximum atomic E-state index is 5.20. The van der Waals surface area contributed by atoms with Gasteiger partial charge in [-0.3, -0.25) is 0 Å². The van der Waals surface area contributed by atoms with Crippen molar-refractivity contribution in [2.45, 2.75) is 107 Å². The van der Waals surface area contributed by atoms with Crippen LogP contribution in [-0.2, 0) is 4.74 Å². The van der Waals surface area contributed by atoms with E-state index in [0.717, 1.165) is 6.61 Å². The van der Waals surface area contributed by atoms with E-state index in [4.69, 9.17) is 4.74 Å². The van der Waals surface area contributed by atoms with Crippen molar-refractivity contribution < 1.29 is 4.74 Å². The zero-order valence-corrected chi connectivity index (χ0v) is 9.53. The van der Waals surface area contributed by atoms with Crippen molar-refractivity contribution in [3.63, 3.8) is 0 Å². The minimum atomic E-state index is 0. The van der Waals surface area contributed by atoms with Crippen LogP contribution in [0, 0.1) is 10.8 Å². The van der Waals surface area contributed by atoms with Gasteiger partial charge < -0.3 is 4.74 Å². The predicted molar refractivity (Wildman–Crippen MR) is 108 cm³/mol. The monoisotopic (exact) mass is 300 g/mol. The van der Waals surface area contributed by atoms with Crippen LogP contribution >= 0.6 is 0 Å². The van der Waals surface area contributed by atoms with Gasteiger partial charge in [0, 0.05) is 7.11 Å². The van der Waals surface area contributed by atoms with Gasteiger partial charge in [0.05, 0.1) is 6.61 Å². The van der Waals surface area contributed by atoms with E-state index in [1.54, 1.807) is 7.11 Å². The highest BCUT2D eigenvalue weighted by atomic mass is 16.5. The average molecular weight is 301 g/mol. The van der Waals surface area contributed by atoms with E-state index in [0.29, 0.717) is 10.8 Å². The first kappa shape index (κ1) is 59.7. The minimum absolute atomic E-state index is 0. The van der Waals surface area contributed by atoms with Crippen LogP contribution in [0.1, 0.15) is 107 Å². The normalized spacial score (nSPS) is 8.10. The molecule has 20 heavy (non-hydrogen) atoms. The summed E-state index contributed by atoms with van der Waals surface area (Å²) in [6.07, 6.45) is 2.46. The third-order valence-electron chi connectivity index (χ3n) is 2.45. The molecule has 0 amide bonds. The maximum Gasteiger partial charge on any atom is 0.0513 e. The Labute approximate surface area is 136 Å². The highest BCUT2D eigenvalue weighted by Gasteiger charge is 2.27. The summed E-state index contributed by atoms with van der Waals surface area (Å²) >= 11 is 0. The van der Waals surface area contributed by atoms with Crippen molar-refractivity contribution >= 4 is 0 Å². The zero-order valence-electron chi connectivity index (χ0n) is 9.53. The highest BCUT2D eigenvalue weighted by Crippen LogP contribution is 2.35. The molecule has 0 aromatic heterocycles. The van der Waals surface area contributed by atoms with Gasteiger partial charge in [-0.05, 0) is 17.3 Å². The summed E-state index contributed by atoms with van der Waals surface area (Å²) in [6, 6.07) is 0. The molecule has 0 unspecified atom stereocenters. The van der Waals surface area contributed by atoms with Crippen LogP contribution in [0.3, 0.4) is 0 Å². The van der Waals surface area contributed by atoms with Gasteiger partial charge in [0.2, 0.25) is 0 Å². The second-order valence-corrected chi connectivity index (χ2v) is 5.29. The Morgan fingerprint density at radius 1 is 0.650 bits per heavy atom. The molecule has 0 aliphatic rings. The lowest BCUT2D eigenvalue weighted by atomic mass is 9.74. The highest BCUT2D eigenvalue weighted by molar-refractivity contribution is 4.77. The Bertz CT molecular complexity index is 126. The van der Waals surface area contributed by atoms with E-state index in [1.165, 1.54) is 12.8 Å². The molecule has 138 valence electrons. The van der Waals surface area contributed by atoms with E-state index in [9.17, 15) is 0 Å². The third-order valence-corrected chi connectivity index (χ3v) is 2.45. The van der Waals surface area contributed by atoms with E-state index in [2.05, 4.69) is 34.6 Å². The Balaban J connectivity index is -0.0000000216. The summed E-state index contributed by atoms with van der Waals surface area (Å²) in [5, 5.41) is 0. The lowest BCUT2D eigenvalue weighted by Crippen LogP contribution is -2.26. The van der Waals surface area contributed by atoms with Gasteiger partial charge in [-0.2, -0.15) is 0 Å². The summed E-state index contributed by atoms with van der Waals surface area (Å²) in [7, 11) is 1.78. The topological polar surface area (TPSA) is 9.23 Å². The van der Waals surface area contributed by atoms with Gasteiger partial charge in [0.25, 0.3) is 0 Å². The van der Waals surface area contributed by atoms with Gasteiger partial charge in [-0.1, -0.05) is 100 Å². The molecular weight excluding hydrogens is 244 g/mol. The summed E-state index contributed by atoms with van der Waals surface area (Å²) < 4.78 is 5.20. The summed E-state index contributed by atoms with van der Waals surface area (Å²) in [4.78, 5) is 0. The lowest BCUT2D eigenvalue weighted by molar-refractivity contribution is 0.0666. The van der Waals surface area contributed by atoms with Crippen LogP contribution in [-0.4, -0.2) is 13.7 Å². The van der Waals surface area contributed by atoms with Crippen molar-refractivity contribution in [1.29, 1.82) is 0 Å². The van der Waals surface area contributed by atoms with Crippen molar-refractivity contribution in [2.75, 3.05) is 13.7 Å². The molecule has 0 saturated heterocycles. The fourth-order valence-electron chi connectivity index (χ4n) is 1.86. The molecule has 0 aliphatic carbocycles. The molecule has 0 fully saturated rings. The smallest absolute Gasteiger partial charge is 0.0513 e. The molecule has 0 spiro atoms. The first-order chi connectivity index (χ1) is 5.33. The number of methoxy groups -OCH3 is 1. The van der Waals surface area contributed by atoms with E-state index in [1.807, 2.05) is 0 Å². The van der Waals surface area contributed by atoms with Crippen LogP contribution < -0.4 is 0 Å². The molecule has 0 heterocycles. The number of hydrogen-bond donors (Lipinski definition) is 0. The summed E-state index contributed by atoms with van der Waals surface area (Å²) in [5.41, 5.74) is 0.760. The Kier molecular flexibility index (Phi) is 71.7. The number of hydrogen-bond acceptors (Lipinski definition) is 1. The van der Waals surface area contributed by atoms with Crippen LogP contribution in [0.25, 0.3) is 0 Å². The Morgan fingerprint density at radius 2 is 0.950 bits per heavy atom. The van der Waals surface area contributed by atoms with Gasteiger partial charge in [0.15, 0.2) is 0 Å². The van der Waals surface area contributed by atoms with Crippen molar-refractivity contribution in [1.82, 2.24) is 0 Å². The molecule has 1 heteroatoms. The summed E-state index contributed by atoms with van der Waals surface area (Å²) in [6.45, 7) is 12.3. The summed E-state index contributed by atoms with van der Waals surface area (Å²) in [5.74, 6) is 0. The predicted octanol–water partition coefficient (Wildman–Crippen LogP) is 8.57. The van der Waals surface area contributed by atoms with Crippen LogP contribution in [0.15, 0.2) is 0 Å². The van der Waals surface area contributed by atoms with Crippen molar-refractivity contribution in [3.05, 3.63) is 0 Å². The molecule has 0 aromatic carbocycles. The fraction of sp³-hybridized carbons (Fsp3) is 1.00. The number of ether oxygens (including phenoxy) is 1. The zero-order chi connectivity index (χ0) is 9.83. The standard InChI is InChI=1S/C11H24O.8CH4/c1-7-10(2,3)8-11(4,5)9-12-6;;;;;;;;/h7-9H2,1-6H3;8*1H4. The molecule has 0 aromatic rings. The van der Waals surface area contributed by atoms with Gasteiger partial charge in [-0.25, -0.2) is 0 Å². The Hall–Kier alpha value is -0.0400. The quantitative estimate of drug-likeness (QED) is 0.494. The number of rotatable bonds is 5. The molecule has 0 aliphatic heterocycles. The van der Waals surface area contributed by atoms with Crippen molar-refractivity contribution in [2.24, 2.45) is 10.8 Å². The van der Waals surface area contributed by atoms with E-state index in [-0.39, 0.29) is 59.4 Å². The maximum absolute atomic E-state index is 5.20. The molecule has 0 N–H and O–H groups in total.